The maximum Gasteiger partial charge on any atom is 0.251 e. The molecule has 1 saturated heterocycles. The molecule has 0 bridgehead atoms. The number of hydrogen-bond donors (Lipinski definition) is 1. The zero-order valence-electron chi connectivity index (χ0n) is 10.7. The van der Waals surface area contributed by atoms with Gasteiger partial charge in [-0.2, -0.15) is 0 Å². The minimum Gasteiger partial charge on any atom is -0.352 e. The number of halogens is 1. The lowest BCUT2D eigenvalue weighted by Crippen LogP contribution is -2.32. The number of nitrogens with one attached hydrogen (secondary N) is 1. The molecule has 102 valence electrons. The van der Waals surface area contributed by atoms with Crippen molar-refractivity contribution in [1.82, 2.24) is 10.2 Å². The van der Waals surface area contributed by atoms with Gasteiger partial charge in [-0.1, -0.05) is 6.07 Å². The van der Waals surface area contributed by atoms with Crippen LogP contribution in [0.5, 0.6) is 0 Å². The fraction of sp³-hybridized carbons (Fsp3) is 0.429. The van der Waals surface area contributed by atoms with E-state index >= 15 is 0 Å². The third kappa shape index (κ3) is 4.19. The number of carbonyl (C=O) groups is 2. The molecule has 19 heavy (non-hydrogen) atoms. The summed E-state index contributed by atoms with van der Waals surface area (Å²) in [6.07, 6.45) is 2.58. The van der Waals surface area contributed by atoms with E-state index in [1.165, 1.54) is 0 Å². The van der Waals surface area contributed by atoms with Gasteiger partial charge >= 0.3 is 0 Å². The minimum atomic E-state index is -0.118. The minimum absolute atomic E-state index is 0.118. The standard InChI is InChI=1S/C14H17IN2O2/c15-12-5-3-4-11(10-12)14(19)16-7-6-13(18)17-8-1-2-9-17/h3-5,10H,1-2,6-9H2,(H,16,19). The highest BCUT2D eigenvalue weighted by atomic mass is 127. The van der Waals surface area contributed by atoms with E-state index in [4.69, 9.17) is 0 Å². The Morgan fingerprint density at radius 1 is 1.26 bits per heavy atom. The Morgan fingerprint density at radius 3 is 2.68 bits per heavy atom. The van der Waals surface area contributed by atoms with Gasteiger partial charge in [-0.15, -0.1) is 0 Å². The molecule has 1 aliphatic rings. The largest absolute Gasteiger partial charge is 0.352 e. The first-order valence-electron chi connectivity index (χ1n) is 6.48. The molecule has 1 heterocycles. The van der Waals surface area contributed by atoms with Gasteiger partial charge in [0.2, 0.25) is 5.91 Å². The maximum absolute atomic E-state index is 11.9. The quantitative estimate of drug-likeness (QED) is 0.823. The van der Waals surface area contributed by atoms with E-state index in [1.807, 2.05) is 23.1 Å². The molecule has 1 aromatic rings. The maximum atomic E-state index is 11.9. The zero-order chi connectivity index (χ0) is 13.7. The molecule has 2 amide bonds. The van der Waals surface area contributed by atoms with Crippen LogP contribution < -0.4 is 5.32 Å². The first-order valence-corrected chi connectivity index (χ1v) is 7.56. The second kappa shape index (κ2) is 6.88. The van der Waals surface area contributed by atoms with Crippen molar-refractivity contribution in [3.8, 4) is 0 Å². The van der Waals surface area contributed by atoms with Gasteiger partial charge in [0.25, 0.3) is 5.91 Å². The van der Waals surface area contributed by atoms with Crippen molar-refractivity contribution >= 4 is 34.4 Å². The number of rotatable bonds is 4. The van der Waals surface area contributed by atoms with Crippen LogP contribution in [0, 0.1) is 3.57 Å². The van der Waals surface area contributed by atoms with Gasteiger partial charge in [-0.05, 0) is 53.6 Å². The van der Waals surface area contributed by atoms with Crippen molar-refractivity contribution in [2.75, 3.05) is 19.6 Å². The second-order valence-corrected chi connectivity index (χ2v) is 5.85. The first-order chi connectivity index (χ1) is 9.16. The van der Waals surface area contributed by atoms with Crippen LogP contribution in [0.3, 0.4) is 0 Å². The Labute approximate surface area is 126 Å². The lowest BCUT2D eigenvalue weighted by atomic mass is 10.2. The third-order valence-electron chi connectivity index (χ3n) is 3.17. The molecule has 0 unspecified atom stereocenters. The number of benzene rings is 1. The number of amides is 2. The number of likely N-dealkylation sites (tertiary alicyclic amines) is 1. The van der Waals surface area contributed by atoms with Crippen molar-refractivity contribution in [2.45, 2.75) is 19.3 Å². The Morgan fingerprint density at radius 2 is 2.00 bits per heavy atom. The molecule has 4 nitrogen and oxygen atoms in total. The van der Waals surface area contributed by atoms with Crippen molar-refractivity contribution in [2.24, 2.45) is 0 Å². The molecule has 0 aromatic heterocycles. The summed E-state index contributed by atoms with van der Waals surface area (Å²) >= 11 is 2.17. The smallest absolute Gasteiger partial charge is 0.251 e. The summed E-state index contributed by atoms with van der Waals surface area (Å²) in [6.45, 7) is 2.13. The molecular formula is C14H17IN2O2. The van der Waals surface area contributed by atoms with E-state index < -0.39 is 0 Å². The van der Waals surface area contributed by atoms with Crippen LogP contribution in [-0.2, 0) is 4.79 Å². The highest BCUT2D eigenvalue weighted by Gasteiger charge is 2.17. The van der Waals surface area contributed by atoms with Crippen molar-refractivity contribution in [3.05, 3.63) is 33.4 Å². The van der Waals surface area contributed by atoms with Crippen LogP contribution in [0.4, 0.5) is 0 Å². The predicted molar refractivity (Wildman–Crippen MR) is 81.9 cm³/mol. The molecule has 2 rings (SSSR count). The van der Waals surface area contributed by atoms with Gasteiger partial charge in [0.1, 0.15) is 0 Å². The predicted octanol–water partition coefficient (Wildman–Crippen LogP) is 2.03. The van der Waals surface area contributed by atoms with Crippen LogP contribution in [-0.4, -0.2) is 36.3 Å². The number of carbonyl (C=O) groups excluding carboxylic acids is 2. The summed E-state index contributed by atoms with van der Waals surface area (Å²) in [4.78, 5) is 25.5. The summed E-state index contributed by atoms with van der Waals surface area (Å²) in [5, 5.41) is 2.79. The van der Waals surface area contributed by atoms with E-state index in [2.05, 4.69) is 27.9 Å². The van der Waals surface area contributed by atoms with Gasteiger partial charge in [-0.3, -0.25) is 9.59 Å². The monoisotopic (exact) mass is 372 g/mol. The lowest BCUT2D eigenvalue weighted by molar-refractivity contribution is -0.129. The van der Waals surface area contributed by atoms with E-state index in [-0.39, 0.29) is 11.8 Å². The van der Waals surface area contributed by atoms with Crippen LogP contribution in [0.1, 0.15) is 29.6 Å². The molecule has 1 aromatic carbocycles. The fourth-order valence-electron chi connectivity index (χ4n) is 2.14. The molecule has 1 fully saturated rings. The summed E-state index contributed by atoms with van der Waals surface area (Å²) in [5.74, 6) is 0.0215. The molecule has 0 radical (unpaired) electrons. The van der Waals surface area contributed by atoms with Crippen LogP contribution in [0.2, 0.25) is 0 Å². The van der Waals surface area contributed by atoms with Gasteiger partial charge in [0.15, 0.2) is 0 Å². The van der Waals surface area contributed by atoms with E-state index in [0.717, 1.165) is 29.5 Å². The number of nitrogens with zero attached hydrogens (tertiary/aromatic N) is 1. The summed E-state index contributed by atoms with van der Waals surface area (Å²) < 4.78 is 1.03. The van der Waals surface area contributed by atoms with Crippen molar-refractivity contribution in [3.63, 3.8) is 0 Å². The Kier molecular flexibility index (Phi) is 5.18. The molecule has 0 spiro atoms. The summed E-state index contributed by atoms with van der Waals surface area (Å²) in [7, 11) is 0. The van der Waals surface area contributed by atoms with Crippen molar-refractivity contribution in [1.29, 1.82) is 0 Å². The molecular weight excluding hydrogens is 355 g/mol. The fourth-order valence-corrected chi connectivity index (χ4v) is 2.68. The van der Waals surface area contributed by atoms with Gasteiger partial charge < -0.3 is 10.2 Å². The Balaban J connectivity index is 1.76. The van der Waals surface area contributed by atoms with E-state index in [9.17, 15) is 9.59 Å². The number of hydrogen-bond acceptors (Lipinski definition) is 2. The van der Waals surface area contributed by atoms with Gasteiger partial charge in [0, 0.05) is 35.2 Å². The normalized spacial score (nSPS) is 14.5. The Hall–Kier alpha value is -1.11. The SMILES string of the molecule is O=C(NCCC(=O)N1CCCC1)c1cccc(I)c1. The highest BCUT2D eigenvalue weighted by Crippen LogP contribution is 2.09. The van der Waals surface area contributed by atoms with Crippen LogP contribution in [0.15, 0.2) is 24.3 Å². The highest BCUT2D eigenvalue weighted by molar-refractivity contribution is 14.1. The summed E-state index contributed by atoms with van der Waals surface area (Å²) in [5.41, 5.74) is 0.639. The van der Waals surface area contributed by atoms with Crippen LogP contribution >= 0.6 is 22.6 Å². The topological polar surface area (TPSA) is 49.4 Å². The molecule has 0 saturated carbocycles. The van der Waals surface area contributed by atoms with E-state index in [1.54, 1.807) is 6.07 Å². The first kappa shape index (κ1) is 14.3. The van der Waals surface area contributed by atoms with Crippen LogP contribution in [0.25, 0.3) is 0 Å². The average Bonchev–Trinajstić information content (AvgIpc) is 2.92. The zero-order valence-corrected chi connectivity index (χ0v) is 12.9. The van der Waals surface area contributed by atoms with Crippen molar-refractivity contribution < 1.29 is 9.59 Å². The molecule has 1 N–H and O–H groups in total. The molecule has 1 aliphatic heterocycles. The van der Waals surface area contributed by atoms with Gasteiger partial charge in [0.05, 0.1) is 0 Å². The van der Waals surface area contributed by atoms with Gasteiger partial charge in [-0.25, -0.2) is 0 Å². The second-order valence-electron chi connectivity index (χ2n) is 4.60. The van der Waals surface area contributed by atoms with E-state index in [0.29, 0.717) is 18.5 Å². The molecule has 0 atom stereocenters. The molecule has 5 heteroatoms. The third-order valence-corrected chi connectivity index (χ3v) is 3.84. The lowest BCUT2D eigenvalue weighted by Gasteiger charge is -2.15. The Bertz CT molecular complexity index is 470. The molecule has 0 aliphatic carbocycles. The summed E-state index contributed by atoms with van der Waals surface area (Å²) in [6, 6.07) is 7.40. The average molecular weight is 372 g/mol.